The van der Waals surface area contributed by atoms with Crippen LogP contribution < -0.4 is 0 Å². The van der Waals surface area contributed by atoms with Crippen LogP contribution in [-0.4, -0.2) is 22.8 Å². The van der Waals surface area contributed by atoms with Crippen LogP contribution in [0.15, 0.2) is 18.3 Å². The molecule has 1 aromatic heterocycles. The summed E-state index contributed by atoms with van der Waals surface area (Å²) in [6, 6.07) is 5.39. The number of carbonyl (C=O) groups excluding carboxylic acids is 1. The molecule has 0 radical (unpaired) electrons. The third kappa shape index (κ3) is 3.06. The SMILES string of the molecule is CC(C)C(=O)N(C)Cc1cc(C#N)ccn1. The Kier molecular flexibility index (Phi) is 4.01. The molecule has 0 saturated carbocycles. The van der Waals surface area contributed by atoms with E-state index < -0.39 is 0 Å². The van der Waals surface area contributed by atoms with Gasteiger partial charge in [-0.3, -0.25) is 9.78 Å². The van der Waals surface area contributed by atoms with E-state index in [2.05, 4.69) is 4.98 Å². The van der Waals surface area contributed by atoms with Crippen molar-refractivity contribution in [3.63, 3.8) is 0 Å². The van der Waals surface area contributed by atoms with Gasteiger partial charge in [-0.05, 0) is 12.1 Å². The Hall–Kier alpha value is -1.89. The molecule has 0 N–H and O–H groups in total. The van der Waals surface area contributed by atoms with E-state index in [9.17, 15) is 4.79 Å². The van der Waals surface area contributed by atoms with Crippen LogP contribution in [0.1, 0.15) is 25.1 Å². The monoisotopic (exact) mass is 217 g/mol. The summed E-state index contributed by atoms with van der Waals surface area (Å²) in [7, 11) is 1.74. The largest absolute Gasteiger partial charge is 0.340 e. The van der Waals surface area contributed by atoms with E-state index in [0.717, 1.165) is 5.69 Å². The van der Waals surface area contributed by atoms with Gasteiger partial charge in [0.25, 0.3) is 0 Å². The van der Waals surface area contributed by atoms with Crippen LogP contribution >= 0.6 is 0 Å². The number of hydrogen-bond acceptors (Lipinski definition) is 3. The van der Waals surface area contributed by atoms with Gasteiger partial charge in [-0.2, -0.15) is 5.26 Å². The number of aromatic nitrogens is 1. The first-order valence-electron chi connectivity index (χ1n) is 5.14. The molecule has 0 spiro atoms. The van der Waals surface area contributed by atoms with Gasteiger partial charge in [0, 0.05) is 19.2 Å². The van der Waals surface area contributed by atoms with Crippen molar-refractivity contribution < 1.29 is 4.79 Å². The summed E-state index contributed by atoms with van der Waals surface area (Å²) >= 11 is 0. The van der Waals surface area contributed by atoms with Gasteiger partial charge in [0.2, 0.25) is 5.91 Å². The average Bonchev–Trinajstić information content (AvgIpc) is 2.28. The zero-order valence-corrected chi connectivity index (χ0v) is 9.77. The minimum atomic E-state index is -0.0239. The number of carbonyl (C=O) groups is 1. The zero-order chi connectivity index (χ0) is 12.1. The van der Waals surface area contributed by atoms with Crippen LogP contribution in [0.5, 0.6) is 0 Å². The highest BCUT2D eigenvalue weighted by atomic mass is 16.2. The van der Waals surface area contributed by atoms with Gasteiger partial charge in [-0.1, -0.05) is 13.8 Å². The van der Waals surface area contributed by atoms with Crippen LogP contribution in [0, 0.1) is 17.2 Å². The van der Waals surface area contributed by atoms with Gasteiger partial charge < -0.3 is 4.90 Å². The topological polar surface area (TPSA) is 57.0 Å². The lowest BCUT2D eigenvalue weighted by molar-refractivity contribution is -0.133. The molecular weight excluding hydrogens is 202 g/mol. The van der Waals surface area contributed by atoms with E-state index in [4.69, 9.17) is 5.26 Å². The van der Waals surface area contributed by atoms with Gasteiger partial charge in [0.15, 0.2) is 0 Å². The third-order valence-electron chi connectivity index (χ3n) is 2.21. The first-order valence-corrected chi connectivity index (χ1v) is 5.14. The van der Waals surface area contributed by atoms with Crippen molar-refractivity contribution in [3.05, 3.63) is 29.6 Å². The number of amides is 1. The molecule has 1 amide bonds. The van der Waals surface area contributed by atoms with Gasteiger partial charge in [0.05, 0.1) is 23.9 Å². The minimum absolute atomic E-state index is 0.0239. The Morgan fingerprint density at radius 2 is 2.31 bits per heavy atom. The number of nitrogens with zero attached hydrogens (tertiary/aromatic N) is 3. The van der Waals surface area contributed by atoms with E-state index >= 15 is 0 Å². The summed E-state index contributed by atoms with van der Waals surface area (Å²) in [5.41, 5.74) is 1.30. The molecule has 0 bridgehead atoms. The smallest absolute Gasteiger partial charge is 0.225 e. The van der Waals surface area contributed by atoms with Crippen molar-refractivity contribution in [1.82, 2.24) is 9.88 Å². The second kappa shape index (κ2) is 5.26. The van der Waals surface area contributed by atoms with Gasteiger partial charge in [-0.25, -0.2) is 0 Å². The summed E-state index contributed by atoms with van der Waals surface area (Å²) in [5, 5.41) is 8.74. The molecule has 84 valence electrons. The summed E-state index contributed by atoms with van der Waals surface area (Å²) in [6.45, 7) is 4.16. The highest BCUT2D eigenvalue weighted by Crippen LogP contribution is 2.06. The van der Waals surface area contributed by atoms with Crippen LogP contribution in [-0.2, 0) is 11.3 Å². The Balaban J connectivity index is 2.74. The molecule has 0 aliphatic rings. The average molecular weight is 217 g/mol. The molecule has 0 fully saturated rings. The summed E-state index contributed by atoms with van der Waals surface area (Å²) < 4.78 is 0. The molecule has 1 aromatic rings. The fraction of sp³-hybridized carbons (Fsp3) is 0.417. The Morgan fingerprint density at radius 1 is 1.62 bits per heavy atom. The van der Waals surface area contributed by atoms with Crippen LogP contribution in [0.4, 0.5) is 0 Å². The van der Waals surface area contributed by atoms with Crippen LogP contribution in [0.3, 0.4) is 0 Å². The molecule has 1 heterocycles. The zero-order valence-electron chi connectivity index (χ0n) is 9.77. The first kappa shape index (κ1) is 12.2. The number of hydrogen-bond donors (Lipinski definition) is 0. The van der Waals surface area contributed by atoms with E-state index in [1.54, 1.807) is 30.3 Å². The molecule has 0 unspecified atom stereocenters. The standard InChI is InChI=1S/C12H15N3O/c1-9(2)12(16)15(3)8-11-6-10(7-13)4-5-14-11/h4-6,9H,8H2,1-3H3. The molecule has 0 aromatic carbocycles. The maximum atomic E-state index is 11.6. The Labute approximate surface area is 95.5 Å². The van der Waals surface area contributed by atoms with Crippen molar-refractivity contribution in [2.24, 2.45) is 5.92 Å². The summed E-state index contributed by atoms with van der Waals surface area (Å²) in [6.07, 6.45) is 1.58. The highest BCUT2D eigenvalue weighted by Gasteiger charge is 2.13. The van der Waals surface area contributed by atoms with Crippen LogP contribution in [0.2, 0.25) is 0 Å². The molecule has 0 saturated heterocycles. The molecule has 4 nitrogen and oxygen atoms in total. The van der Waals surface area contributed by atoms with Crippen molar-refractivity contribution in [2.75, 3.05) is 7.05 Å². The molecular formula is C12H15N3O. The maximum Gasteiger partial charge on any atom is 0.225 e. The molecule has 1 rings (SSSR count). The van der Waals surface area contributed by atoms with Crippen LogP contribution in [0.25, 0.3) is 0 Å². The lowest BCUT2D eigenvalue weighted by Gasteiger charge is -2.18. The summed E-state index contributed by atoms with van der Waals surface area (Å²) in [4.78, 5) is 17.4. The normalized spacial score (nSPS) is 9.94. The lowest BCUT2D eigenvalue weighted by Crippen LogP contribution is -2.30. The van der Waals surface area contributed by atoms with Crippen molar-refractivity contribution in [1.29, 1.82) is 5.26 Å². The van der Waals surface area contributed by atoms with E-state index in [0.29, 0.717) is 12.1 Å². The second-order valence-corrected chi connectivity index (χ2v) is 4.00. The fourth-order valence-electron chi connectivity index (χ4n) is 1.40. The summed E-state index contributed by atoms with van der Waals surface area (Å²) in [5.74, 6) is 0.0494. The second-order valence-electron chi connectivity index (χ2n) is 4.00. The van der Waals surface area contributed by atoms with Crippen molar-refractivity contribution in [2.45, 2.75) is 20.4 Å². The molecule has 0 aliphatic heterocycles. The third-order valence-corrected chi connectivity index (χ3v) is 2.21. The highest BCUT2D eigenvalue weighted by molar-refractivity contribution is 5.77. The Bertz CT molecular complexity index is 421. The molecule has 0 atom stereocenters. The number of rotatable bonds is 3. The van der Waals surface area contributed by atoms with E-state index in [-0.39, 0.29) is 11.8 Å². The molecule has 0 aliphatic carbocycles. The van der Waals surface area contributed by atoms with E-state index in [1.165, 1.54) is 0 Å². The minimum Gasteiger partial charge on any atom is -0.340 e. The van der Waals surface area contributed by atoms with E-state index in [1.807, 2.05) is 19.9 Å². The van der Waals surface area contributed by atoms with Gasteiger partial charge in [-0.15, -0.1) is 0 Å². The number of pyridine rings is 1. The first-order chi connectivity index (χ1) is 7.54. The lowest BCUT2D eigenvalue weighted by atomic mass is 10.2. The molecule has 4 heteroatoms. The van der Waals surface area contributed by atoms with Gasteiger partial charge in [0.1, 0.15) is 0 Å². The molecule has 16 heavy (non-hydrogen) atoms. The predicted octanol–water partition coefficient (Wildman–Crippen LogP) is 1.57. The fourth-order valence-corrected chi connectivity index (χ4v) is 1.40. The Morgan fingerprint density at radius 3 is 2.88 bits per heavy atom. The van der Waals surface area contributed by atoms with Crippen molar-refractivity contribution >= 4 is 5.91 Å². The van der Waals surface area contributed by atoms with Crippen molar-refractivity contribution in [3.8, 4) is 6.07 Å². The number of nitriles is 1. The quantitative estimate of drug-likeness (QED) is 0.772. The maximum absolute atomic E-state index is 11.6. The van der Waals surface area contributed by atoms with Gasteiger partial charge >= 0.3 is 0 Å². The predicted molar refractivity (Wildman–Crippen MR) is 60.3 cm³/mol.